The molecule has 1 unspecified atom stereocenters. The van der Waals surface area contributed by atoms with Crippen molar-refractivity contribution in [3.63, 3.8) is 0 Å². The maximum Gasteiger partial charge on any atom is 0.193 e. The summed E-state index contributed by atoms with van der Waals surface area (Å²) < 4.78 is 2.05. The van der Waals surface area contributed by atoms with Crippen LogP contribution in [-0.4, -0.2) is 20.9 Å². The van der Waals surface area contributed by atoms with Crippen LogP contribution >= 0.6 is 22.9 Å². The predicted molar refractivity (Wildman–Crippen MR) is 87.1 cm³/mol. The zero-order valence-electron chi connectivity index (χ0n) is 11.8. The van der Waals surface area contributed by atoms with Crippen molar-refractivity contribution in [2.24, 2.45) is 0 Å². The first kappa shape index (κ1) is 14.5. The molecule has 4 nitrogen and oxygen atoms in total. The van der Waals surface area contributed by atoms with Crippen LogP contribution in [0.5, 0.6) is 0 Å². The van der Waals surface area contributed by atoms with Gasteiger partial charge in [-0.15, -0.1) is 11.3 Å². The van der Waals surface area contributed by atoms with Crippen LogP contribution in [0.4, 0.5) is 0 Å². The lowest BCUT2D eigenvalue weighted by Gasteiger charge is -2.18. The first-order valence-corrected chi connectivity index (χ1v) is 8.28. The third kappa shape index (κ3) is 3.26. The van der Waals surface area contributed by atoms with Crippen molar-refractivity contribution in [3.8, 4) is 0 Å². The molecule has 21 heavy (non-hydrogen) atoms. The van der Waals surface area contributed by atoms with Crippen molar-refractivity contribution in [1.29, 1.82) is 0 Å². The Hall–Kier alpha value is -1.43. The highest BCUT2D eigenvalue weighted by Gasteiger charge is 2.17. The molecule has 0 radical (unpaired) electrons. The van der Waals surface area contributed by atoms with Crippen LogP contribution in [-0.2, 0) is 6.42 Å². The van der Waals surface area contributed by atoms with Crippen molar-refractivity contribution in [3.05, 3.63) is 52.5 Å². The molecule has 3 aromatic heterocycles. The van der Waals surface area contributed by atoms with Crippen molar-refractivity contribution < 1.29 is 0 Å². The Kier molecular flexibility index (Phi) is 4.53. The predicted octanol–water partition coefficient (Wildman–Crippen LogP) is 3.73. The summed E-state index contributed by atoms with van der Waals surface area (Å²) >= 11 is 7.94. The van der Waals surface area contributed by atoms with Crippen molar-refractivity contribution in [1.82, 2.24) is 19.7 Å². The largest absolute Gasteiger partial charge is 0.308 e. The van der Waals surface area contributed by atoms with Gasteiger partial charge in [0.05, 0.1) is 22.5 Å². The maximum atomic E-state index is 6.30. The van der Waals surface area contributed by atoms with E-state index in [2.05, 4.69) is 32.8 Å². The Labute approximate surface area is 132 Å². The molecule has 0 aliphatic carbocycles. The van der Waals surface area contributed by atoms with Gasteiger partial charge in [-0.1, -0.05) is 18.5 Å². The normalized spacial score (nSPS) is 12.9. The SMILES string of the molecule is CCCNC(Cc1cn2ccsc2n1)c1ncccc1Cl. The van der Waals surface area contributed by atoms with Gasteiger partial charge in [-0.3, -0.25) is 9.38 Å². The van der Waals surface area contributed by atoms with E-state index >= 15 is 0 Å². The number of nitrogens with zero attached hydrogens (tertiary/aromatic N) is 3. The van der Waals surface area contributed by atoms with E-state index in [1.165, 1.54) is 0 Å². The van der Waals surface area contributed by atoms with Gasteiger partial charge in [-0.05, 0) is 25.1 Å². The van der Waals surface area contributed by atoms with E-state index in [1.807, 2.05) is 23.7 Å². The van der Waals surface area contributed by atoms with Crippen LogP contribution in [0.1, 0.15) is 30.8 Å². The molecule has 1 atom stereocenters. The van der Waals surface area contributed by atoms with Gasteiger partial charge in [0.25, 0.3) is 0 Å². The number of rotatable bonds is 6. The van der Waals surface area contributed by atoms with Crippen LogP contribution in [0.15, 0.2) is 36.1 Å². The second-order valence-corrected chi connectivity index (χ2v) is 6.19. The van der Waals surface area contributed by atoms with E-state index in [1.54, 1.807) is 17.5 Å². The highest BCUT2D eigenvalue weighted by atomic mass is 35.5. The molecular weight excluding hydrogens is 304 g/mol. The maximum absolute atomic E-state index is 6.30. The first-order chi connectivity index (χ1) is 10.3. The Balaban J connectivity index is 1.85. The number of thiazole rings is 1. The van der Waals surface area contributed by atoms with Crippen LogP contribution in [0.2, 0.25) is 5.02 Å². The zero-order chi connectivity index (χ0) is 14.7. The summed E-state index contributed by atoms with van der Waals surface area (Å²) in [7, 11) is 0. The van der Waals surface area contributed by atoms with Crippen LogP contribution < -0.4 is 5.32 Å². The molecular formula is C15H17ClN4S. The summed E-state index contributed by atoms with van der Waals surface area (Å²) in [6.07, 6.45) is 7.74. The molecule has 0 fully saturated rings. The van der Waals surface area contributed by atoms with Crippen LogP contribution in [0.25, 0.3) is 4.96 Å². The Bertz CT molecular complexity index is 693. The van der Waals surface area contributed by atoms with E-state index in [0.717, 1.165) is 35.7 Å². The van der Waals surface area contributed by atoms with E-state index in [-0.39, 0.29) is 6.04 Å². The van der Waals surface area contributed by atoms with Crippen molar-refractivity contribution in [2.75, 3.05) is 6.54 Å². The molecule has 6 heteroatoms. The van der Waals surface area contributed by atoms with Crippen molar-refractivity contribution in [2.45, 2.75) is 25.8 Å². The lowest BCUT2D eigenvalue weighted by molar-refractivity contribution is 0.514. The monoisotopic (exact) mass is 320 g/mol. The van der Waals surface area contributed by atoms with Crippen LogP contribution in [0.3, 0.4) is 0 Å². The molecule has 3 aromatic rings. The number of hydrogen-bond donors (Lipinski definition) is 1. The second-order valence-electron chi connectivity index (χ2n) is 4.91. The van der Waals surface area contributed by atoms with E-state index in [9.17, 15) is 0 Å². The third-order valence-electron chi connectivity index (χ3n) is 3.31. The fraction of sp³-hybridized carbons (Fsp3) is 0.333. The fourth-order valence-electron chi connectivity index (χ4n) is 2.32. The number of nitrogens with one attached hydrogen (secondary N) is 1. The summed E-state index contributed by atoms with van der Waals surface area (Å²) in [4.78, 5) is 10.1. The summed E-state index contributed by atoms with van der Waals surface area (Å²) in [6, 6.07) is 3.83. The first-order valence-electron chi connectivity index (χ1n) is 7.02. The average Bonchev–Trinajstić information content (AvgIpc) is 3.05. The number of pyridine rings is 1. The topological polar surface area (TPSA) is 42.2 Å². The molecule has 0 aromatic carbocycles. The molecule has 3 heterocycles. The van der Waals surface area contributed by atoms with Gasteiger partial charge in [0, 0.05) is 30.4 Å². The zero-order valence-corrected chi connectivity index (χ0v) is 13.4. The number of fused-ring (bicyclic) bond motifs is 1. The van der Waals surface area contributed by atoms with Gasteiger partial charge < -0.3 is 5.32 Å². The fourth-order valence-corrected chi connectivity index (χ4v) is 3.29. The Morgan fingerprint density at radius 3 is 3.14 bits per heavy atom. The summed E-state index contributed by atoms with van der Waals surface area (Å²) in [6.45, 7) is 3.08. The Morgan fingerprint density at radius 1 is 1.48 bits per heavy atom. The molecule has 1 N–H and O–H groups in total. The lowest BCUT2D eigenvalue weighted by atomic mass is 10.1. The third-order valence-corrected chi connectivity index (χ3v) is 4.40. The number of aromatic nitrogens is 3. The summed E-state index contributed by atoms with van der Waals surface area (Å²) in [5.74, 6) is 0. The van der Waals surface area contributed by atoms with Gasteiger partial charge in [0.2, 0.25) is 0 Å². The second kappa shape index (κ2) is 6.56. The smallest absolute Gasteiger partial charge is 0.193 e. The highest BCUT2D eigenvalue weighted by molar-refractivity contribution is 7.15. The number of hydrogen-bond acceptors (Lipinski definition) is 4. The van der Waals surface area contributed by atoms with E-state index < -0.39 is 0 Å². The quantitative estimate of drug-likeness (QED) is 0.752. The molecule has 0 aliphatic rings. The minimum atomic E-state index is 0.0863. The molecule has 0 amide bonds. The summed E-state index contributed by atoms with van der Waals surface area (Å²) in [5.41, 5.74) is 1.95. The lowest BCUT2D eigenvalue weighted by Crippen LogP contribution is -2.25. The molecule has 0 saturated carbocycles. The minimum absolute atomic E-state index is 0.0863. The number of halogens is 1. The van der Waals surface area contributed by atoms with Gasteiger partial charge in [0.15, 0.2) is 4.96 Å². The Morgan fingerprint density at radius 2 is 2.38 bits per heavy atom. The van der Waals surface area contributed by atoms with Crippen LogP contribution in [0, 0.1) is 0 Å². The molecule has 0 saturated heterocycles. The number of imidazole rings is 1. The van der Waals surface area contributed by atoms with Gasteiger partial charge >= 0.3 is 0 Å². The van der Waals surface area contributed by atoms with Gasteiger partial charge in [0.1, 0.15) is 0 Å². The van der Waals surface area contributed by atoms with E-state index in [4.69, 9.17) is 11.6 Å². The molecule has 0 bridgehead atoms. The van der Waals surface area contributed by atoms with Gasteiger partial charge in [-0.2, -0.15) is 0 Å². The molecule has 110 valence electrons. The highest BCUT2D eigenvalue weighted by Crippen LogP contribution is 2.24. The van der Waals surface area contributed by atoms with E-state index in [0.29, 0.717) is 5.02 Å². The molecule has 0 spiro atoms. The molecule has 3 rings (SSSR count). The van der Waals surface area contributed by atoms with Gasteiger partial charge in [-0.25, -0.2) is 4.98 Å². The summed E-state index contributed by atoms with van der Waals surface area (Å²) in [5, 5.41) is 6.26. The minimum Gasteiger partial charge on any atom is -0.308 e. The molecule has 0 aliphatic heterocycles. The average molecular weight is 321 g/mol. The van der Waals surface area contributed by atoms with Crippen molar-refractivity contribution >= 4 is 27.9 Å². The standard InChI is InChI=1S/C15H17ClN4S/c1-2-5-17-13(14-12(16)4-3-6-18-14)9-11-10-20-7-8-21-15(20)19-11/h3-4,6-8,10,13,17H,2,5,9H2,1H3.